The number of alkyl halides is 3. The first-order valence-electron chi connectivity index (χ1n) is 7.11. The van der Waals surface area contributed by atoms with E-state index >= 15 is 0 Å². The fourth-order valence-corrected chi connectivity index (χ4v) is 2.21. The summed E-state index contributed by atoms with van der Waals surface area (Å²) in [5.41, 5.74) is 2.90. The van der Waals surface area contributed by atoms with Crippen LogP contribution in [0.15, 0.2) is 24.4 Å². The van der Waals surface area contributed by atoms with Gasteiger partial charge in [-0.2, -0.15) is 13.2 Å². The van der Waals surface area contributed by atoms with Crippen LogP contribution in [0.5, 0.6) is 5.75 Å². The predicted molar refractivity (Wildman–Crippen MR) is 86.6 cm³/mol. The molecule has 9 heteroatoms. The van der Waals surface area contributed by atoms with Crippen LogP contribution < -0.4 is 10.5 Å². The zero-order valence-electron chi connectivity index (χ0n) is 13.6. The Morgan fingerprint density at radius 3 is 2.36 bits per heavy atom. The number of carbonyl (C=O) groups excluding carboxylic acids is 1. The number of benzene rings is 1. The van der Waals surface area contributed by atoms with Crippen molar-refractivity contribution in [2.24, 2.45) is 0 Å². The number of hydrogen-bond donors (Lipinski definition) is 1. The van der Waals surface area contributed by atoms with Gasteiger partial charge in [0.25, 0.3) is 0 Å². The molecule has 2 N–H and O–H groups in total. The van der Waals surface area contributed by atoms with Crippen LogP contribution in [0.3, 0.4) is 0 Å². The molecule has 0 unspecified atom stereocenters. The minimum absolute atomic E-state index is 0.0451. The van der Waals surface area contributed by atoms with Gasteiger partial charge < -0.3 is 10.5 Å². The summed E-state index contributed by atoms with van der Waals surface area (Å²) in [4.78, 5) is 19.3. The van der Waals surface area contributed by atoms with Gasteiger partial charge in [0.15, 0.2) is 11.4 Å². The summed E-state index contributed by atoms with van der Waals surface area (Å²) < 4.78 is 44.8. The lowest BCUT2D eigenvalue weighted by atomic mass is 9.90. The lowest BCUT2D eigenvalue weighted by Gasteiger charge is -2.22. The van der Waals surface area contributed by atoms with Gasteiger partial charge in [0.05, 0.1) is 16.9 Å². The monoisotopic (exact) mass is 373 g/mol. The molecule has 0 aliphatic rings. The Balaban J connectivity index is 2.41. The molecule has 134 valence electrons. The summed E-state index contributed by atoms with van der Waals surface area (Å²) >= 11 is 5.88. The molecule has 0 saturated heterocycles. The second-order valence-corrected chi connectivity index (χ2v) is 6.69. The maximum absolute atomic E-state index is 13.3. The average Bonchev–Trinajstić information content (AvgIpc) is 2.47. The van der Waals surface area contributed by atoms with Gasteiger partial charge >= 0.3 is 12.1 Å². The quantitative estimate of drug-likeness (QED) is 0.483. The number of ether oxygens (including phenoxy) is 1. The number of nitrogen functional groups attached to an aromatic ring is 1. The van der Waals surface area contributed by atoms with Crippen LogP contribution in [0.2, 0.25) is 5.02 Å². The summed E-state index contributed by atoms with van der Waals surface area (Å²) in [5.74, 6) is -1.15. The summed E-state index contributed by atoms with van der Waals surface area (Å²) in [7, 11) is 0. The third kappa shape index (κ3) is 4.39. The third-order valence-electron chi connectivity index (χ3n) is 3.12. The first-order valence-corrected chi connectivity index (χ1v) is 7.49. The molecular formula is C16H15ClF3N3O2. The molecule has 1 aromatic carbocycles. The number of hydrogen-bond acceptors (Lipinski definition) is 5. The molecule has 25 heavy (non-hydrogen) atoms. The number of anilines is 1. The number of rotatable bonds is 2. The van der Waals surface area contributed by atoms with Crippen LogP contribution in [0.4, 0.5) is 18.9 Å². The molecule has 0 aliphatic heterocycles. The highest BCUT2D eigenvalue weighted by atomic mass is 35.5. The number of esters is 1. The van der Waals surface area contributed by atoms with Crippen molar-refractivity contribution in [3.63, 3.8) is 0 Å². The predicted octanol–water partition coefficient (Wildman–Crippen LogP) is 4.25. The van der Waals surface area contributed by atoms with Crippen molar-refractivity contribution >= 4 is 23.3 Å². The zero-order valence-corrected chi connectivity index (χ0v) is 14.4. The van der Waals surface area contributed by atoms with E-state index in [2.05, 4.69) is 9.97 Å². The first kappa shape index (κ1) is 19.0. The molecular weight excluding hydrogens is 359 g/mol. The third-order valence-corrected chi connectivity index (χ3v) is 3.41. The highest BCUT2D eigenvalue weighted by molar-refractivity contribution is 6.32. The summed E-state index contributed by atoms with van der Waals surface area (Å²) in [6.45, 7) is 4.70. The summed E-state index contributed by atoms with van der Waals surface area (Å²) in [6, 6.07) is 4.11. The van der Waals surface area contributed by atoms with Gasteiger partial charge in [0.1, 0.15) is 5.75 Å². The molecule has 0 saturated carbocycles. The molecule has 0 amide bonds. The Hall–Kier alpha value is -2.35. The van der Waals surface area contributed by atoms with Crippen LogP contribution in [-0.4, -0.2) is 15.9 Å². The second-order valence-electron chi connectivity index (χ2n) is 6.28. The standard InChI is InChI=1S/C16H15ClF3N3O2/c1-15(2,3)12-13(16(18,19)20)23-10(7-22-12)14(24)25-11-5-4-8(21)6-9(11)17/h4-7H,21H2,1-3H3. The lowest BCUT2D eigenvalue weighted by Crippen LogP contribution is -2.25. The number of nitrogens with two attached hydrogens (primary N) is 1. The van der Waals surface area contributed by atoms with E-state index in [0.29, 0.717) is 5.69 Å². The van der Waals surface area contributed by atoms with E-state index in [1.54, 1.807) is 20.8 Å². The molecule has 1 heterocycles. The Morgan fingerprint density at radius 2 is 1.84 bits per heavy atom. The van der Waals surface area contributed by atoms with Crippen LogP contribution in [-0.2, 0) is 11.6 Å². The van der Waals surface area contributed by atoms with E-state index in [1.165, 1.54) is 18.2 Å². The van der Waals surface area contributed by atoms with Gasteiger partial charge in [0, 0.05) is 11.1 Å². The number of carbonyl (C=O) groups is 1. The van der Waals surface area contributed by atoms with Crippen molar-refractivity contribution in [1.29, 1.82) is 0 Å². The fourth-order valence-electron chi connectivity index (χ4n) is 1.99. The minimum Gasteiger partial charge on any atom is -0.420 e. The maximum atomic E-state index is 13.3. The van der Waals surface area contributed by atoms with Crippen molar-refractivity contribution in [2.45, 2.75) is 32.4 Å². The van der Waals surface area contributed by atoms with Crippen LogP contribution in [0.25, 0.3) is 0 Å². The van der Waals surface area contributed by atoms with Crippen molar-refractivity contribution in [2.75, 3.05) is 5.73 Å². The van der Waals surface area contributed by atoms with E-state index in [0.717, 1.165) is 6.20 Å². The normalized spacial score (nSPS) is 12.1. The Morgan fingerprint density at radius 1 is 1.20 bits per heavy atom. The Bertz CT molecular complexity index is 817. The first-order chi connectivity index (χ1) is 11.4. The largest absolute Gasteiger partial charge is 0.435 e. The summed E-state index contributed by atoms with van der Waals surface area (Å²) in [6.07, 6.45) is -3.81. The number of aromatic nitrogens is 2. The van der Waals surface area contributed by atoms with Gasteiger partial charge in [-0.05, 0) is 18.2 Å². The Kier molecular flexibility index (Phi) is 4.94. The molecule has 0 radical (unpaired) electrons. The van der Waals surface area contributed by atoms with Gasteiger partial charge in [-0.15, -0.1) is 0 Å². The molecule has 0 spiro atoms. The van der Waals surface area contributed by atoms with Gasteiger partial charge in [0.2, 0.25) is 0 Å². The van der Waals surface area contributed by atoms with Gasteiger partial charge in [-0.1, -0.05) is 32.4 Å². The van der Waals surface area contributed by atoms with E-state index < -0.39 is 28.9 Å². The molecule has 2 rings (SSSR count). The van der Waals surface area contributed by atoms with E-state index in [-0.39, 0.29) is 16.5 Å². The van der Waals surface area contributed by atoms with Gasteiger partial charge in [-0.25, -0.2) is 9.78 Å². The fraction of sp³-hybridized carbons (Fsp3) is 0.312. The molecule has 5 nitrogen and oxygen atoms in total. The highest BCUT2D eigenvalue weighted by Crippen LogP contribution is 2.35. The van der Waals surface area contributed by atoms with E-state index in [4.69, 9.17) is 22.1 Å². The minimum atomic E-state index is -4.76. The smallest absolute Gasteiger partial charge is 0.420 e. The second kappa shape index (κ2) is 6.51. The lowest BCUT2D eigenvalue weighted by molar-refractivity contribution is -0.142. The zero-order chi connectivity index (χ0) is 19.0. The van der Waals surface area contributed by atoms with E-state index in [9.17, 15) is 18.0 Å². The molecule has 2 aromatic rings. The van der Waals surface area contributed by atoms with Crippen LogP contribution in [0.1, 0.15) is 42.6 Å². The number of nitrogens with zero attached hydrogens (tertiary/aromatic N) is 2. The summed E-state index contributed by atoms with van der Waals surface area (Å²) in [5, 5.41) is 0.0451. The average molecular weight is 374 g/mol. The van der Waals surface area contributed by atoms with Crippen molar-refractivity contribution in [1.82, 2.24) is 9.97 Å². The molecule has 0 aliphatic carbocycles. The topological polar surface area (TPSA) is 78.1 Å². The molecule has 0 atom stereocenters. The van der Waals surface area contributed by atoms with Gasteiger partial charge in [-0.3, -0.25) is 4.98 Å². The molecule has 0 bridgehead atoms. The van der Waals surface area contributed by atoms with Crippen molar-refractivity contribution in [3.8, 4) is 5.75 Å². The number of halogens is 4. The highest BCUT2D eigenvalue weighted by Gasteiger charge is 2.40. The SMILES string of the molecule is CC(C)(C)c1ncc(C(=O)Oc2ccc(N)cc2Cl)nc1C(F)(F)F. The van der Waals surface area contributed by atoms with Crippen molar-refractivity contribution in [3.05, 3.63) is 46.5 Å². The van der Waals surface area contributed by atoms with Crippen LogP contribution >= 0.6 is 11.6 Å². The van der Waals surface area contributed by atoms with Crippen LogP contribution in [0, 0.1) is 0 Å². The maximum Gasteiger partial charge on any atom is 0.435 e. The van der Waals surface area contributed by atoms with E-state index in [1.807, 2.05) is 0 Å². The van der Waals surface area contributed by atoms with Crippen molar-refractivity contribution < 1.29 is 22.7 Å². The molecule has 0 fully saturated rings. The molecule has 1 aromatic heterocycles. The Labute approximate surface area is 147 Å².